The van der Waals surface area contributed by atoms with E-state index in [0.717, 1.165) is 43.3 Å². The van der Waals surface area contributed by atoms with Crippen LogP contribution in [0.4, 0.5) is 14.6 Å². The summed E-state index contributed by atoms with van der Waals surface area (Å²) in [5.74, 6) is -0.496. The van der Waals surface area contributed by atoms with Crippen LogP contribution in [0.25, 0.3) is 16.9 Å². The smallest absolute Gasteiger partial charge is 0.135 e. The number of aromatic nitrogens is 2. The lowest BCUT2D eigenvalue weighted by atomic mass is 10.0. The van der Waals surface area contributed by atoms with Crippen LogP contribution < -0.4 is 5.32 Å². The van der Waals surface area contributed by atoms with Gasteiger partial charge in [-0.25, -0.2) is 13.5 Å². The zero-order valence-corrected chi connectivity index (χ0v) is 14.0. The Morgan fingerprint density at radius 1 is 1.12 bits per heavy atom. The first-order valence-corrected chi connectivity index (χ1v) is 8.49. The third-order valence-corrected chi connectivity index (χ3v) is 4.57. The molecule has 0 spiro atoms. The van der Waals surface area contributed by atoms with Gasteiger partial charge in [-0.05, 0) is 43.5 Å². The molecule has 0 saturated carbocycles. The van der Waals surface area contributed by atoms with Gasteiger partial charge in [-0.1, -0.05) is 12.1 Å². The van der Waals surface area contributed by atoms with E-state index in [-0.39, 0.29) is 5.56 Å². The van der Waals surface area contributed by atoms with Crippen LogP contribution in [0.2, 0.25) is 0 Å². The van der Waals surface area contributed by atoms with E-state index in [1.54, 1.807) is 16.8 Å². The van der Waals surface area contributed by atoms with Crippen molar-refractivity contribution in [3.8, 4) is 23.0 Å². The molecule has 1 aliphatic rings. The third kappa shape index (κ3) is 2.72. The van der Waals surface area contributed by atoms with Gasteiger partial charge in [0.15, 0.2) is 0 Å². The molecule has 0 unspecified atom stereocenters. The Labute approximate surface area is 149 Å². The van der Waals surface area contributed by atoms with Crippen molar-refractivity contribution in [2.75, 3.05) is 11.9 Å². The first-order chi connectivity index (χ1) is 12.7. The molecule has 0 saturated heterocycles. The Balaban J connectivity index is 1.97. The fourth-order valence-electron chi connectivity index (χ4n) is 3.33. The van der Waals surface area contributed by atoms with Crippen LogP contribution in [0.3, 0.4) is 0 Å². The highest BCUT2D eigenvalue weighted by molar-refractivity contribution is 5.72. The Kier molecular flexibility index (Phi) is 4.13. The highest BCUT2D eigenvalue weighted by Gasteiger charge is 2.24. The highest BCUT2D eigenvalue weighted by Crippen LogP contribution is 2.35. The zero-order valence-electron chi connectivity index (χ0n) is 14.0. The van der Waals surface area contributed by atoms with Crippen LogP contribution in [-0.4, -0.2) is 16.3 Å². The molecule has 4 rings (SSSR count). The molecule has 0 aliphatic carbocycles. The summed E-state index contributed by atoms with van der Waals surface area (Å²) >= 11 is 0. The lowest BCUT2D eigenvalue weighted by Crippen LogP contribution is -2.08. The first kappa shape index (κ1) is 16.3. The molecule has 0 bridgehead atoms. The van der Waals surface area contributed by atoms with E-state index in [2.05, 4.69) is 16.5 Å². The second-order valence-electron chi connectivity index (χ2n) is 6.22. The van der Waals surface area contributed by atoms with E-state index < -0.39 is 11.6 Å². The van der Waals surface area contributed by atoms with Crippen molar-refractivity contribution >= 4 is 5.82 Å². The van der Waals surface area contributed by atoms with Crippen molar-refractivity contribution in [3.63, 3.8) is 0 Å². The molecule has 0 amide bonds. The number of para-hydroxylation sites is 1. The Morgan fingerprint density at radius 2 is 1.96 bits per heavy atom. The average molecular weight is 350 g/mol. The fraction of sp³-hybridized carbons (Fsp3) is 0.200. The number of hydrogen-bond acceptors (Lipinski definition) is 3. The number of benzene rings is 2. The Morgan fingerprint density at radius 3 is 2.77 bits per heavy atom. The second-order valence-corrected chi connectivity index (χ2v) is 6.22. The molecule has 1 aliphatic heterocycles. The van der Waals surface area contributed by atoms with Crippen molar-refractivity contribution in [1.29, 1.82) is 5.26 Å². The molecule has 2 aromatic carbocycles. The topological polar surface area (TPSA) is 53.6 Å². The van der Waals surface area contributed by atoms with Gasteiger partial charge in [0.1, 0.15) is 29.2 Å². The molecule has 4 nitrogen and oxygen atoms in total. The summed E-state index contributed by atoms with van der Waals surface area (Å²) < 4.78 is 29.4. The van der Waals surface area contributed by atoms with Gasteiger partial charge >= 0.3 is 0 Å². The van der Waals surface area contributed by atoms with Crippen LogP contribution in [0.15, 0.2) is 42.5 Å². The summed E-state index contributed by atoms with van der Waals surface area (Å²) in [5, 5.41) is 17.4. The molecule has 0 radical (unpaired) electrons. The van der Waals surface area contributed by atoms with E-state index in [1.165, 1.54) is 12.1 Å². The summed E-state index contributed by atoms with van der Waals surface area (Å²) in [5.41, 5.74) is 2.75. The standard InChI is InChI=1S/C20H16F2N4/c21-14-8-9-15(17(22)11-14)19-16-6-3-4-10-24-20(16)26(25-19)18-7-2-1-5-13(18)12-23/h1-2,5,7-9,11,24H,3-4,6,10H2. The number of fused-ring (bicyclic) bond motifs is 1. The van der Waals surface area contributed by atoms with E-state index in [1.807, 2.05) is 12.1 Å². The van der Waals surface area contributed by atoms with Gasteiger partial charge in [0.2, 0.25) is 0 Å². The number of hydrogen-bond donors (Lipinski definition) is 1. The average Bonchev–Trinajstić information content (AvgIpc) is 2.83. The number of halogens is 2. The summed E-state index contributed by atoms with van der Waals surface area (Å²) in [4.78, 5) is 0. The summed E-state index contributed by atoms with van der Waals surface area (Å²) in [6, 6.07) is 12.8. The van der Waals surface area contributed by atoms with Crippen molar-refractivity contribution < 1.29 is 8.78 Å². The van der Waals surface area contributed by atoms with Gasteiger partial charge in [-0.2, -0.15) is 10.4 Å². The maximum absolute atomic E-state index is 14.4. The molecule has 1 N–H and O–H groups in total. The summed E-state index contributed by atoms with van der Waals surface area (Å²) in [7, 11) is 0. The van der Waals surface area contributed by atoms with Crippen molar-refractivity contribution in [2.45, 2.75) is 19.3 Å². The quantitative estimate of drug-likeness (QED) is 0.743. The molecule has 3 aromatic rings. The predicted octanol–water partition coefficient (Wildman–Crippen LogP) is 4.44. The van der Waals surface area contributed by atoms with Crippen molar-refractivity contribution in [3.05, 3.63) is 65.2 Å². The van der Waals surface area contributed by atoms with E-state index in [9.17, 15) is 14.0 Å². The van der Waals surface area contributed by atoms with Crippen LogP contribution in [0.5, 0.6) is 0 Å². The number of anilines is 1. The van der Waals surface area contributed by atoms with Gasteiger partial charge < -0.3 is 5.32 Å². The van der Waals surface area contributed by atoms with Gasteiger partial charge in [0.25, 0.3) is 0 Å². The third-order valence-electron chi connectivity index (χ3n) is 4.57. The normalized spacial score (nSPS) is 13.4. The molecule has 6 heteroatoms. The number of nitriles is 1. The Bertz CT molecular complexity index is 1020. The minimum absolute atomic E-state index is 0.263. The van der Waals surface area contributed by atoms with E-state index >= 15 is 0 Å². The molecule has 0 atom stereocenters. The maximum Gasteiger partial charge on any atom is 0.135 e. The first-order valence-electron chi connectivity index (χ1n) is 8.49. The minimum Gasteiger partial charge on any atom is -0.370 e. The lowest BCUT2D eigenvalue weighted by Gasteiger charge is -2.10. The summed E-state index contributed by atoms with van der Waals surface area (Å²) in [6.07, 6.45) is 2.67. The molecule has 26 heavy (non-hydrogen) atoms. The monoisotopic (exact) mass is 350 g/mol. The maximum atomic E-state index is 14.4. The van der Waals surface area contributed by atoms with Crippen LogP contribution in [-0.2, 0) is 6.42 Å². The largest absolute Gasteiger partial charge is 0.370 e. The van der Waals surface area contributed by atoms with Crippen LogP contribution in [0.1, 0.15) is 24.0 Å². The molecular formula is C20H16F2N4. The number of nitrogens with zero attached hydrogens (tertiary/aromatic N) is 3. The van der Waals surface area contributed by atoms with Gasteiger partial charge in [0.05, 0.1) is 11.3 Å². The van der Waals surface area contributed by atoms with Crippen molar-refractivity contribution in [2.24, 2.45) is 0 Å². The molecule has 1 aromatic heterocycles. The molecule has 0 fully saturated rings. The molecule has 130 valence electrons. The van der Waals surface area contributed by atoms with E-state index in [4.69, 9.17) is 0 Å². The lowest BCUT2D eigenvalue weighted by molar-refractivity contribution is 0.585. The molecule has 2 heterocycles. The van der Waals surface area contributed by atoms with Gasteiger partial charge in [-0.3, -0.25) is 0 Å². The fourth-order valence-corrected chi connectivity index (χ4v) is 3.33. The van der Waals surface area contributed by atoms with Gasteiger partial charge in [0, 0.05) is 23.7 Å². The Hall–Kier alpha value is -3.20. The SMILES string of the molecule is N#Cc1ccccc1-n1nc(-c2ccc(F)cc2F)c2c1NCCCC2. The minimum atomic E-state index is -0.643. The van der Waals surface area contributed by atoms with Crippen LogP contribution in [0, 0.1) is 23.0 Å². The summed E-state index contributed by atoms with van der Waals surface area (Å²) in [6.45, 7) is 0.777. The number of nitrogens with one attached hydrogen (secondary N) is 1. The van der Waals surface area contributed by atoms with Crippen LogP contribution >= 0.6 is 0 Å². The zero-order chi connectivity index (χ0) is 18.1. The molecular weight excluding hydrogens is 334 g/mol. The van der Waals surface area contributed by atoms with E-state index in [0.29, 0.717) is 16.9 Å². The predicted molar refractivity (Wildman–Crippen MR) is 95.1 cm³/mol. The highest BCUT2D eigenvalue weighted by atomic mass is 19.1. The second kappa shape index (κ2) is 6.60. The van der Waals surface area contributed by atoms with Gasteiger partial charge in [-0.15, -0.1) is 0 Å². The van der Waals surface area contributed by atoms with Crippen molar-refractivity contribution in [1.82, 2.24) is 9.78 Å². The number of rotatable bonds is 2.